The molecule has 0 fully saturated rings. The molecule has 1 rings (SSSR count). The zero-order valence-corrected chi connectivity index (χ0v) is 11.0. The van der Waals surface area contributed by atoms with Crippen LogP contribution in [0.4, 0.5) is 8.78 Å². The molecule has 7 heteroatoms. The van der Waals surface area contributed by atoms with Gasteiger partial charge in [-0.1, -0.05) is 0 Å². The van der Waals surface area contributed by atoms with Crippen LogP contribution in [0.3, 0.4) is 0 Å². The number of benzene rings is 1. The number of aryl methyl sites for hydroxylation is 1. The van der Waals surface area contributed by atoms with E-state index in [-0.39, 0.29) is 23.3 Å². The van der Waals surface area contributed by atoms with Gasteiger partial charge in [0.25, 0.3) is 0 Å². The Morgan fingerprint density at radius 2 is 1.94 bits per heavy atom. The topological polar surface area (TPSA) is 72.2 Å². The third-order valence-electron chi connectivity index (χ3n) is 2.63. The highest BCUT2D eigenvalue weighted by atomic mass is 32.2. The number of hydrogen-bond donors (Lipinski definition) is 2. The van der Waals surface area contributed by atoms with E-state index in [1.807, 2.05) is 0 Å². The lowest BCUT2D eigenvalue weighted by Crippen LogP contribution is -2.30. The second-order valence-corrected chi connectivity index (χ2v) is 6.52. The van der Waals surface area contributed by atoms with E-state index < -0.39 is 27.5 Å². The Kier molecular flexibility index (Phi) is 4.78. The monoisotopic (exact) mass is 278 g/mol. The second-order valence-electron chi connectivity index (χ2n) is 4.26. The third kappa shape index (κ3) is 4.01. The van der Waals surface area contributed by atoms with Crippen LogP contribution in [0.25, 0.3) is 0 Å². The number of nitrogens with one attached hydrogen (secondary N) is 1. The van der Waals surface area contributed by atoms with Crippen LogP contribution in [0, 0.1) is 18.6 Å². The van der Waals surface area contributed by atoms with Crippen molar-refractivity contribution in [2.24, 2.45) is 5.84 Å². The molecule has 1 atom stereocenters. The summed E-state index contributed by atoms with van der Waals surface area (Å²) < 4.78 is 48.9. The van der Waals surface area contributed by atoms with Gasteiger partial charge in [-0.3, -0.25) is 11.3 Å². The summed E-state index contributed by atoms with van der Waals surface area (Å²) in [4.78, 5) is 0. The van der Waals surface area contributed by atoms with Gasteiger partial charge in [-0.25, -0.2) is 17.2 Å². The summed E-state index contributed by atoms with van der Waals surface area (Å²) in [5.41, 5.74) is 2.80. The molecule has 0 aromatic heterocycles. The quantitative estimate of drug-likeness (QED) is 0.627. The Hall–Kier alpha value is -1.05. The Morgan fingerprint density at radius 1 is 1.33 bits per heavy atom. The van der Waals surface area contributed by atoms with E-state index in [2.05, 4.69) is 5.43 Å². The number of sulfone groups is 1. The molecule has 3 N–H and O–H groups in total. The molecule has 0 spiro atoms. The first-order chi connectivity index (χ1) is 8.24. The summed E-state index contributed by atoms with van der Waals surface area (Å²) in [6, 6.07) is 1.44. The summed E-state index contributed by atoms with van der Waals surface area (Å²) >= 11 is 0. The standard InChI is InChI=1S/C11H16F2N2O2S/c1-7-5-8(10(13)6-9(7)12)11(15-14)3-4-18(2,16)17/h5-6,11,15H,3-4,14H2,1-2H3. The van der Waals surface area contributed by atoms with Gasteiger partial charge in [-0.2, -0.15) is 0 Å². The fourth-order valence-electron chi connectivity index (χ4n) is 1.61. The average molecular weight is 278 g/mol. The maximum absolute atomic E-state index is 13.6. The third-order valence-corrected chi connectivity index (χ3v) is 3.61. The first-order valence-electron chi connectivity index (χ1n) is 5.34. The predicted molar refractivity (Wildman–Crippen MR) is 65.5 cm³/mol. The van der Waals surface area contributed by atoms with E-state index in [9.17, 15) is 17.2 Å². The molecule has 0 aliphatic rings. The largest absolute Gasteiger partial charge is 0.271 e. The maximum Gasteiger partial charge on any atom is 0.147 e. The van der Waals surface area contributed by atoms with Gasteiger partial charge in [-0.05, 0) is 25.0 Å². The van der Waals surface area contributed by atoms with Crippen LogP contribution < -0.4 is 11.3 Å². The number of halogens is 2. The Morgan fingerprint density at radius 3 is 2.44 bits per heavy atom. The van der Waals surface area contributed by atoms with Crippen molar-refractivity contribution in [1.29, 1.82) is 0 Å². The molecule has 102 valence electrons. The van der Waals surface area contributed by atoms with Crippen LogP contribution >= 0.6 is 0 Å². The van der Waals surface area contributed by atoms with Crippen molar-refractivity contribution < 1.29 is 17.2 Å². The van der Waals surface area contributed by atoms with Crippen molar-refractivity contribution >= 4 is 9.84 Å². The van der Waals surface area contributed by atoms with Crippen molar-refractivity contribution in [3.8, 4) is 0 Å². The second kappa shape index (κ2) is 5.73. The zero-order valence-electron chi connectivity index (χ0n) is 10.2. The normalized spacial score (nSPS) is 13.6. The van der Waals surface area contributed by atoms with E-state index in [0.29, 0.717) is 0 Å². The number of nitrogens with two attached hydrogens (primary N) is 1. The molecule has 18 heavy (non-hydrogen) atoms. The van der Waals surface area contributed by atoms with Gasteiger partial charge in [0.1, 0.15) is 21.5 Å². The lowest BCUT2D eigenvalue weighted by molar-refractivity contribution is 0.490. The van der Waals surface area contributed by atoms with Gasteiger partial charge in [0.15, 0.2) is 0 Å². The molecule has 0 heterocycles. The van der Waals surface area contributed by atoms with Crippen molar-refractivity contribution in [2.75, 3.05) is 12.0 Å². The molecular formula is C11H16F2N2O2S. The van der Waals surface area contributed by atoms with Crippen molar-refractivity contribution in [3.05, 3.63) is 34.9 Å². The summed E-state index contributed by atoms with van der Waals surface area (Å²) in [6.45, 7) is 1.50. The molecule has 0 saturated heterocycles. The molecular weight excluding hydrogens is 262 g/mol. The smallest absolute Gasteiger partial charge is 0.147 e. The van der Waals surface area contributed by atoms with Gasteiger partial charge >= 0.3 is 0 Å². The van der Waals surface area contributed by atoms with Crippen molar-refractivity contribution in [1.82, 2.24) is 5.43 Å². The molecule has 1 unspecified atom stereocenters. The molecule has 1 aromatic carbocycles. The fourth-order valence-corrected chi connectivity index (χ4v) is 2.27. The highest BCUT2D eigenvalue weighted by molar-refractivity contribution is 7.90. The summed E-state index contributed by atoms with van der Waals surface area (Å²) in [5, 5.41) is 0. The summed E-state index contributed by atoms with van der Waals surface area (Å²) in [6.07, 6.45) is 1.21. The lowest BCUT2D eigenvalue weighted by Gasteiger charge is -2.17. The Bertz CT molecular complexity index is 532. The van der Waals surface area contributed by atoms with Crippen LogP contribution in [-0.4, -0.2) is 20.4 Å². The van der Waals surface area contributed by atoms with Gasteiger partial charge < -0.3 is 0 Å². The molecule has 0 saturated carbocycles. The van der Waals surface area contributed by atoms with E-state index in [1.165, 1.54) is 13.0 Å². The van der Waals surface area contributed by atoms with Crippen molar-refractivity contribution in [2.45, 2.75) is 19.4 Å². The highest BCUT2D eigenvalue weighted by Crippen LogP contribution is 2.23. The molecule has 0 aliphatic heterocycles. The predicted octanol–water partition coefficient (Wildman–Crippen LogP) is 1.21. The average Bonchev–Trinajstić information content (AvgIpc) is 2.24. The summed E-state index contributed by atoms with van der Waals surface area (Å²) in [7, 11) is -3.16. The van der Waals surface area contributed by atoms with Crippen LogP contribution in [0.1, 0.15) is 23.6 Å². The minimum Gasteiger partial charge on any atom is -0.271 e. The van der Waals surface area contributed by atoms with E-state index in [4.69, 9.17) is 5.84 Å². The van der Waals surface area contributed by atoms with E-state index in [1.54, 1.807) is 0 Å². The van der Waals surface area contributed by atoms with Gasteiger partial charge in [-0.15, -0.1) is 0 Å². The minimum absolute atomic E-state index is 0.122. The van der Waals surface area contributed by atoms with Crippen LogP contribution in [0.5, 0.6) is 0 Å². The molecule has 0 amide bonds. The molecule has 0 radical (unpaired) electrons. The summed E-state index contributed by atoms with van der Waals surface area (Å²) in [5.74, 6) is 3.77. The fraction of sp³-hybridized carbons (Fsp3) is 0.455. The number of rotatable bonds is 5. The molecule has 0 bridgehead atoms. The minimum atomic E-state index is -3.16. The van der Waals surface area contributed by atoms with Crippen molar-refractivity contribution in [3.63, 3.8) is 0 Å². The van der Waals surface area contributed by atoms with Gasteiger partial charge in [0.2, 0.25) is 0 Å². The maximum atomic E-state index is 13.6. The number of hydrazine groups is 1. The molecule has 1 aromatic rings. The number of hydrogen-bond acceptors (Lipinski definition) is 4. The van der Waals surface area contributed by atoms with E-state index in [0.717, 1.165) is 12.3 Å². The molecule has 4 nitrogen and oxygen atoms in total. The van der Waals surface area contributed by atoms with Gasteiger partial charge in [0.05, 0.1) is 5.75 Å². The Balaban J connectivity index is 2.98. The zero-order chi connectivity index (χ0) is 13.9. The van der Waals surface area contributed by atoms with E-state index >= 15 is 0 Å². The SMILES string of the molecule is Cc1cc(C(CCS(C)(=O)=O)NN)c(F)cc1F. The highest BCUT2D eigenvalue weighted by Gasteiger charge is 2.18. The first-order valence-corrected chi connectivity index (χ1v) is 7.40. The first kappa shape index (κ1) is 15.0. The lowest BCUT2D eigenvalue weighted by atomic mass is 10.0. The van der Waals surface area contributed by atoms with Crippen LogP contribution in [0.15, 0.2) is 12.1 Å². The van der Waals surface area contributed by atoms with Crippen LogP contribution in [-0.2, 0) is 9.84 Å². The van der Waals surface area contributed by atoms with Crippen LogP contribution in [0.2, 0.25) is 0 Å². The molecule has 0 aliphatic carbocycles. The van der Waals surface area contributed by atoms with Gasteiger partial charge in [0, 0.05) is 23.9 Å². The Labute approximate surface area is 105 Å².